The van der Waals surface area contributed by atoms with E-state index in [1.54, 1.807) is 0 Å². The lowest BCUT2D eigenvalue weighted by Crippen LogP contribution is -2.41. The number of nitrogens with zero attached hydrogens (tertiary/aromatic N) is 1. The minimum atomic E-state index is 0.397. The van der Waals surface area contributed by atoms with E-state index in [1.165, 1.54) is 50.7 Å². The second kappa shape index (κ2) is 6.91. The monoisotopic (exact) mass is 310 g/mol. The van der Waals surface area contributed by atoms with Crippen LogP contribution in [0.5, 0.6) is 0 Å². The van der Waals surface area contributed by atoms with Crippen molar-refractivity contribution in [1.82, 2.24) is 10.2 Å². The summed E-state index contributed by atoms with van der Waals surface area (Å²) in [6, 6.07) is 1.90. The molecule has 3 aliphatic rings. The third-order valence-corrected chi connectivity index (χ3v) is 6.97. The summed E-state index contributed by atoms with van der Waals surface area (Å²) in [4.78, 5) is 14.7. The van der Waals surface area contributed by atoms with Crippen LogP contribution in [0.4, 0.5) is 0 Å². The van der Waals surface area contributed by atoms with Crippen LogP contribution < -0.4 is 5.32 Å². The molecule has 0 radical (unpaired) electrons. The Balaban J connectivity index is 1.46. The van der Waals surface area contributed by atoms with Gasteiger partial charge in [0.1, 0.15) is 0 Å². The number of rotatable bonds is 5. The van der Waals surface area contributed by atoms with Crippen molar-refractivity contribution in [3.05, 3.63) is 0 Å². The molecular formula is C17H30N2OS. The first-order valence-corrected chi connectivity index (χ1v) is 9.84. The van der Waals surface area contributed by atoms with E-state index in [0.29, 0.717) is 30.0 Å². The van der Waals surface area contributed by atoms with Crippen molar-refractivity contribution < 1.29 is 4.79 Å². The Morgan fingerprint density at radius 3 is 2.52 bits per heavy atom. The van der Waals surface area contributed by atoms with Crippen LogP contribution in [-0.2, 0) is 4.79 Å². The number of hydrogen-bond donors (Lipinski definition) is 1. The quantitative estimate of drug-likeness (QED) is 0.847. The number of amides is 1. The molecule has 3 fully saturated rings. The summed E-state index contributed by atoms with van der Waals surface area (Å²) in [6.45, 7) is 2.23. The third kappa shape index (κ3) is 3.76. The fourth-order valence-electron chi connectivity index (χ4n) is 4.59. The molecule has 4 heteroatoms. The van der Waals surface area contributed by atoms with Crippen LogP contribution in [0.15, 0.2) is 0 Å². The fraction of sp³-hybridized carbons (Fsp3) is 0.941. The van der Waals surface area contributed by atoms with Crippen molar-refractivity contribution in [2.75, 3.05) is 12.8 Å². The van der Waals surface area contributed by atoms with Gasteiger partial charge in [0, 0.05) is 36.8 Å². The van der Waals surface area contributed by atoms with Crippen LogP contribution in [0.25, 0.3) is 0 Å². The maximum atomic E-state index is 12.6. The summed E-state index contributed by atoms with van der Waals surface area (Å²) in [5, 5.41) is 4.45. The molecule has 1 saturated carbocycles. The van der Waals surface area contributed by atoms with Crippen LogP contribution in [0.3, 0.4) is 0 Å². The Bertz CT molecular complexity index is 364. The minimum Gasteiger partial charge on any atom is -0.343 e. The van der Waals surface area contributed by atoms with Crippen molar-refractivity contribution >= 4 is 17.7 Å². The van der Waals surface area contributed by atoms with E-state index in [2.05, 4.69) is 28.9 Å². The summed E-state index contributed by atoms with van der Waals surface area (Å²) >= 11 is 2.07. The highest BCUT2D eigenvalue weighted by Gasteiger charge is 2.36. The normalized spacial score (nSPS) is 38.7. The SMILES string of the molecule is CCSC1CCC(N(C)C(=O)CC2CC3CCC(C2)N3)C1. The molecule has 0 aromatic carbocycles. The molecule has 0 aromatic rings. The molecule has 2 aliphatic heterocycles. The summed E-state index contributed by atoms with van der Waals surface area (Å²) in [6.07, 6.45) is 9.57. The fourth-order valence-corrected chi connectivity index (χ4v) is 5.73. The molecule has 0 spiro atoms. The lowest BCUT2D eigenvalue weighted by Gasteiger charge is -2.31. The predicted molar refractivity (Wildman–Crippen MR) is 89.6 cm³/mol. The van der Waals surface area contributed by atoms with E-state index < -0.39 is 0 Å². The third-order valence-electron chi connectivity index (χ3n) is 5.73. The van der Waals surface area contributed by atoms with E-state index in [-0.39, 0.29) is 0 Å². The molecule has 1 aliphatic carbocycles. The molecule has 3 rings (SSSR count). The van der Waals surface area contributed by atoms with Gasteiger partial charge < -0.3 is 10.2 Å². The van der Waals surface area contributed by atoms with Gasteiger partial charge >= 0.3 is 0 Å². The number of carbonyl (C=O) groups is 1. The van der Waals surface area contributed by atoms with Crippen LogP contribution in [0.1, 0.15) is 58.3 Å². The Hall–Kier alpha value is -0.220. The predicted octanol–water partition coefficient (Wildman–Crippen LogP) is 3.04. The summed E-state index contributed by atoms with van der Waals surface area (Å²) in [5.41, 5.74) is 0. The topological polar surface area (TPSA) is 32.3 Å². The molecule has 21 heavy (non-hydrogen) atoms. The average molecular weight is 311 g/mol. The van der Waals surface area contributed by atoms with Gasteiger partial charge in [-0.25, -0.2) is 0 Å². The first kappa shape index (κ1) is 15.7. The van der Waals surface area contributed by atoms with E-state index in [1.807, 2.05) is 7.05 Å². The standard InChI is InChI=1S/C17H30N2OS/c1-3-21-16-7-6-15(11-16)19(2)17(20)10-12-8-13-4-5-14(9-12)18-13/h12-16,18H,3-11H2,1-2H3. The lowest BCUT2D eigenvalue weighted by molar-refractivity contribution is -0.133. The van der Waals surface area contributed by atoms with Gasteiger partial charge in [-0.1, -0.05) is 6.92 Å². The first-order chi connectivity index (χ1) is 10.2. The first-order valence-electron chi connectivity index (χ1n) is 8.79. The van der Waals surface area contributed by atoms with E-state index in [4.69, 9.17) is 0 Å². The second-order valence-corrected chi connectivity index (χ2v) is 8.81. The summed E-state index contributed by atoms with van der Waals surface area (Å²) in [7, 11) is 2.04. The Morgan fingerprint density at radius 2 is 1.86 bits per heavy atom. The molecule has 1 amide bonds. The molecule has 4 unspecified atom stereocenters. The minimum absolute atomic E-state index is 0.397. The molecule has 0 aromatic heterocycles. The zero-order valence-corrected chi connectivity index (χ0v) is 14.3. The van der Waals surface area contributed by atoms with Crippen molar-refractivity contribution in [2.24, 2.45) is 5.92 Å². The van der Waals surface area contributed by atoms with Gasteiger partial charge in [-0.05, 0) is 56.6 Å². The highest BCUT2D eigenvalue weighted by Crippen LogP contribution is 2.35. The number of carbonyl (C=O) groups excluding carboxylic acids is 1. The highest BCUT2D eigenvalue weighted by molar-refractivity contribution is 7.99. The van der Waals surface area contributed by atoms with Gasteiger partial charge in [0.2, 0.25) is 5.91 Å². The molecule has 3 nitrogen and oxygen atoms in total. The number of piperidine rings is 1. The molecule has 120 valence electrons. The molecule has 2 heterocycles. The largest absolute Gasteiger partial charge is 0.343 e. The molecular weight excluding hydrogens is 280 g/mol. The smallest absolute Gasteiger partial charge is 0.222 e. The van der Waals surface area contributed by atoms with Crippen LogP contribution in [0.2, 0.25) is 0 Å². The molecule has 2 bridgehead atoms. The van der Waals surface area contributed by atoms with Crippen LogP contribution in [0, 0.1) is 5.92 Å². The Morgan fingerprint density at radius 1 is 1.14 bits per heavy atom. The lowest BCUT2D eigenvalue weighted by atomic mass is 9.89. The van der Waals surface area contributed by atoms with E-state index in [9.17, 15) is 4.79 Å². The Kier molecular flexibility index (Phi) is 5.15. The number of thioether (sulfide) groups is 1. The second-order valence-electron chi connectivity index (χ2n) is 7.23. The van der Waals surface area contributed by atoms with Gasteiger partial charge in [-0.15, -0.1) is 0 Å². The number of fused-ring (bicyclic) bond motifs is 2. The molecule has 1 N–H and O–H groups in total. The van der Waals surface area contributed by atoms with Crippen molar-refractivity contribution in [3.8, 4) is 0 Å². The van der Waals surface area contributed by atoms with Gasteiger partial charge in [0.05, 0.1) is 0 Å². The van der Waals surface area contributed by atoms with Crippen molar-refractivity contribution in [2.45, 2.75) is 81.7 Å². The molecule has 4 atom stereocenters. The maximum Gasteiger partial charge on any atom is 0.222 e. The van der Waals surface area contributed by atoms with Gasteiger partial charge in [-0.2, -0.15) is 11.8 Å². The van der Waals surface area contributed by atoms with Crippen molar-refractivity contribution in [1.29, 1.82) is 0 Å². The van der Waals surface area contributed by atoms with Gasteiger partial charge in [0.25, 0.3) is 0 Å². The maximum absolute atomic E-state index is 12.6. The van der Waals surface area contributed by atoms with Gasteiger partial charge in [-0.3, -0.25) is 4.79 Å². The van der Waals surface area contributed by atoms with Crippen LogP contribution in [-0.4, -0.2) is 47.0 Å². The van der Waals surface area contributed by atoms with Crippen LogP contribution >= 0.6 is 11.8 Å². The summed E-state index contributed by atoms with van der Waals surface area (Å²) < 4.78 is 0. The molecule has 2 saturated heterocycles. The average Bonchev–Trinajstić information content (AvgIpc) is 3.05. The van der Waals surface area contributed by atoms with Gasteiger partial charge in [0.15, 0.2) is 0 Å². The zero-order chi connectivity index (χ0) is 14.8. The zero-order valence-electron chi connectivity index (χ0n) is 13.5. The number of hydrogen-bond acceptors (Lipinski definition) is 3. The van der Waals surface area contributed by atoms with Crippen molar-refractivity contribution in [3.63, 3.8) is 0 Å². The number of nitrogens with one attached hydrogen (secondary N) is 1. The Labute approximate surface area is 133 Å². The van der Waals surface area contributed by atoms with E-state index >= 15 is 0 Å². The van der Waals surface area contributed by atoms with E-state index in [0.717, 1.165) is 11.7 Å². The highest BCUT2D eigenvalue weighted by atomic mass is 32.2. The summed E-state index contributed by atoms with van der Waals surface area (Å²) in [5.74, 6) is 2.22.